The fourth-order valence-corrected chi connectivity index (χ4v) is 3.54. The first-order chi connectivity index (χ1) is 10.2. The van der Waals surface area contributed by atoms with E-state index in [1.165, 1.54) is 12.8 Å². The Hall–Kier alpha value is -1.29. The molecule has 3 rings (SSSR count). The van der Waals surface area contributed by atoms with Gasteiger partial charge in [0.05, 0.1) is 18.2 Å². The molecule has 1 heterocycles. The molecule has 0 aliphatic heterocycles. The lowest BCUT2D eigenvalue weighted by molar-refractivity contribution is -0.144. The number of carbonyl (C=O) groups is 1. The Balaban J connectivity index is 1.78. The normalized spacial score (nSPS) is 21.8. The molecule has 0 spiro atoms. The summed E-state index contributed by atoms with van der Waals surface area (Å²) in [6, 6.07) is 4.23. The number of carbonyl (C=O) groups excluding carboxylic acids is 1. The van der Waals surface area contributed by atoms with E-state index in [1.807, 2.05) is 17.0 Å². The van der Waals surface area contributed by atoms with Crippen LogP contribution in [0.25, 0.3) is 0 Å². The second kappa shape index (κ2) is 6.22. The van der Waals surface area contributed by atoms with Gasteiger partial charge in [0.2, 0.25) is 5.91 Å². The van der Waals surface area contributed by atoms with E-state index < -0.39 is 0 Å². The maximum Gasteiger partial charge on any atom is 0.230 e. The number of hydrogen-bond acceptors (Lipinski definition) is 3. The molecule has 4 heteroatoms. The number of nitrogens with zero attached hydrogens (tertiary/aromatic N) is 1. The van der Waals surface area contributed by atoms with Gasteiger partial charge in [0.1, 0.15) is 5.76 Å². The summed E-state index contributed by atoms with van der Waals surface area (Å²) in [6.07, 6.45) is 10.5. The monoisotopic (exact) mass is 290 g/mol. The largest absolute Gasteiger partial charge is 0.467 e. The van der Waals surface area contributed by atoms with Crippen molar-refractivity contribution < 1.29 is 9.21 Å². The third kappa shape index (κ3) is 3.15. The maximum absolute atomic E-state index is 13.2. The van der Waals surface area contributed by atoms with Crippen molar-refractivity contribution in [3.8, 4) is 0 Å². The molecule has 0 bridgehead atoms. The standard InChI is InChI=1S/C17H26N2O2/c18-13-17(9-3-1-2-4-10-17)16(20)19(14-7-8-14)12-15-6-5-11-21-15/h5-6,11,14H,1-4,7-10,12-13,18H2. The molecule has 2 saturated carbocycles. The summed E-state index contributed by atoms with van der Waals surface area (Å²) in [7, 11) is 0. The van der Waals surface area contributed by atoms with Crippen LogP contribution in [0.1, 0.15) is 57.1 Å². The van der Waals surface area contributed by atoms with Crippen LogP contribution in [0.15, 0.2) is 22.8 Å². The molecule has 1 amide bonds. The zero-order valence-electron chi connectivity index (χ0n) is 12.7. The lowest BCUT2D eigenvalue weighted by Gasteiger charge is -2.36. The average molecular weight is 290 g/mol. The zero-order valence-corrected chi connectivity index (χ0v) is 12.7. The molecule has 1 aromatic heterocycles. The predicted molar refractivity (Wildman–Crippen MR) is 81.5 cm³/mol. The van der Waals surface area contributed by atoms with Gasteiger partial charge in [0.15, 0.2) is 0 Å². The quantitative estimate of drug-likeness (QED) is 0.848. The molecular weight excluding hydrogens is 264 g/mol. The fourth-order valence-electron chi connectivity index (χ4n) is 3.54. The molecule has 2 fully saturated rings. The van der Waals surface area contributed by atoms with E-state index in [9.17, 15) is 4.79 Å². The van der Waals surface area contributed by atoms with Crippen LogP contribution in [0.3, 0.4) is 0 Å². The van der Waals surface area contributed by atoms with E-state index >= 15 is 0 Å². The van der Waals surface area contributed by atoms with Gasteiger partial charge in [-0.1, -0.05) is 25.7 Å². The Morgan fingerprint density at radius 3 is 2.52 bits per heavy atom. The highest BCUT2D eigenvalue weighted by atomic mass is 16.3. The minimum absolute atomic E-state index is 0.269. The molecule has 0 radical (unpaired) electrons. The van der Waals surface area contributed by atoms with Gasteiger partial charge in [0, 0.05) is 12.6 Å². The van der Waals surface area contributed by atoms with Gasteiger partial charge in [-0.25, -0.2) is 0 Å². The van der Waals surface area contributed by atoms with Crippen LogP contribution in [0, 0.1) is 5.41 Å². The smallest absolute Gasteiger partial charge is 0.230 e. The third-order valence-electron chi connectivity index (χ3n) is 5.06. The second-order valence-corrected chi connectivity index (χ2v) is 6.64. The highest BCUT2D eigenvalue weighted by Crippen LogP contribution is 2.39. The molecule has 0 aromatic carbocycles. The topological polar surface area (TPSA) is 59.5 Å². The van der Waals surface area contributed by atoms with E-state index in [1.54, 1.807) is 6.26 Å². The molecule has 4 nitrogen and oxygen atoms in total. The molecule has 116 valence electrons. The van der Waals surface area contributed by atoms with Crippen molar-refractivity contribution in [1.82, 2.24) is 4.90 Å². The van der Waals surface area contributed by atoms with E-state index in [4.69, 9.17) is 10.2 Å². The third-order valence-corrected chi connectivity index (χ3v) is 5.06. The van der Waals surface area contributed by atoms with Crippen LogP contribution < -0.4 is 5.73 Å². The molecule has 21 heavy (non-hydrogen) atoms. The van der Waals surface area contributed by atoms with E-state index in [0.717, 1.165) is 44.3 Å². The van der Waals surface area contributed by atoms with Gasteiger partial charge < -0.3 is 15.1 Å². The van der Waals surface area contributed by atoms with Crippen LogP contribution in [0.4, 0.5) is 0 Å². The van der Waals surface area contributed by atoms with Crippen molar-refractivity contribution in [2.24, 2.45) is 11.1 Å². The first kappa shape index (κ1) is 14.6. The van der Waals surface area contributed by atoms with Gasteiger partial charge in [-0.2, -0.15) is 0 Å². The van der Waals surface area contributed by atoms with Crippen LogP contribution in [0.2, 0.25) is 0 Å². The van der Waals surface area contributed by atoms with Crippen molar-refractivity contribution in [2.45, 2.75) is 64.0 Å². The Bertz CT molecular complexity index is 457. The number of hydrogen-bond donors (Lipinski definition) is 1. The van der Waals surface area contributed by atoms with Gasteiger partial charge in [-0.05, 0) is 37.8 Å². The molecule has 2 aliphatic carbocycles. The van der Waals surface area contributed by atoms with Crippen molar-refractivity contribution in [1.29, 1.82) is 0 Å². The minimum Gasteiger partial charge on any atom is -0.467 e. The molecular formula is C17H26N2O2. The number of rotatable bonds is 5. The molecule has 0 saturated heterocycles. The van der Waals surface area contributed by atoms with Crippen molar-refractivity contribution >= 4 is 5.91 Å². The molecule has 2 aliphatic rings. The Morgan fingerprint density at radius 2 is 2.00 bits per heavy atom. The minimum atomic E-state index is -0.328. The van der Waals surface area contributed by atoms with Gasteiger partial charge >= 0.3 is 0 Å². The highest BCUT2D eigenvalue weighted by Gasteiger charge is 2.44. The van der Waals surface area contributed by atoms with Gasteiger partial charge in [-0.3, -0.25) is 4.79 Å². The molecule has 2 N–H and O–H groups in total. The zero-order chi connectivity index (χ0) is 14.7. The van der Waals surface area contributed by atoms with Gasteiger partial charge in [0.25, 0.3) is 0 Å². The van der Waals surface area contributed by atoms with Crippen LogP contribution >= 0.6 is 0 Å². The number of amides is 1. The Kier molecular flexibility index (Phi) is 4.34. The van der Waals surface area contributed by atoms with Gasteiger partial charge in [-0.15, -0.1) is 0 Å². The first-order valence-corrected chi connectivity index (χ1v) is 8.29. The molecule has 0 unspecified atom stereocenters. The fraction of sp³-hybridized carbons (Fsp3) is 0.706. The number of furan rings is 1. The summed E-state index contributed by atoms with van der Waals surface area (Å²) in [5.41, 5.74) is 5.74. The molecule has 1 aromatic rings. The second-order valence-electron chi connectivity index (χ2n) is 6.64. The lowest BCUT2D eigenvalue weighted by atomic mass is 9.79. The summed E-state index contributed by atoms with van der Waals surface area (Å²) in [5, 5.41) is 0. The van der Waals surface area contributed by atoms with Crippen molar-refractivity contribution in [2.75, 3.05) is 6.54 Å². The predicted octanol–water partition coefficient (Wildman–Crippen LogP) is 3.07. The summed E-state index contributed by atoms with van der Waals surface area (Å²) < 4.78 is 5.45. The van der Waals surface area contributed by atoms with E-state index in [-0.39, 0.29) is 11.3 Å². The van der Waals surface area contributed by atoms with E-state index in [0.29, 0.717) is 19.1 Å². The summed E-state index contributed by atoms with van der Waals surface area (Å²) in [5.74, 6) is 1.14. The summed E-state index contributed by atoms with van der Waals surface area (Å²) in [4.78, 5) is 15.3. The SMILES string of the molecule is NCC1(C(=O)N(Cc2ccco2)C2CC2)CCCCCC1. The summed E-state index contributed by atoms with van der Waals surface area (Å²) in [6.45, 7) is 1.07. The van der Waals surface area contributed by atoms with E-state index in [2.05, 4.69) is 0 Å². The lowest BCUT2D eigenvalue weighted by Crippen LogP contribution is -2.48. The Morgan fingerprint density at radius 1 is 1.29 bits per heavy atom. The molecule has 0 atom stereocenters. The van der Waals surface area contributed by atoms with Crippen molar-refractivity contribution in [3.63, 3.8) is 0 Å². The van der Waals surface area contributed by atoms with Crippen molar-refractivity contribution in [3.05, 3.63) is 24.2 Å². The van der Waals surface area contributed by atoms with Crippen LogP contribution in [-0.4, -0.2) is 23.4 Å². The Labute approximate surface area is 126 Å². The first-order valence-electron chi connectivity index (χ1n) is 8.29. The average Bonchev–Trinajstić information content (AvgIpc) is 3.27. The summed E-state index contributed by atoms with van der Waals surface area (Å²) >= 11 is 0. The number of nitrogens with two attached hydrogens (primary N) is 1. The highest BCUT2D eigenvalue weighted by molar-refractivity contribution is 5.83. The maximum atomic E-state index is 13.2. The van der Waals surface area contributed by atoms with Crippen LogP contribution in [0.5, 0.6) is 0 Å². The van der Waals surface area contributed by atoms with Crippen LogP contribution in [-0.2, 0) is 11.3 Å².